The third kappa shape index (κ3) is 5.67. The van der Waals surface area contributed by atoms with Crippen LogP contribution in [0.1, 0.15) is 47.4 Å². The summed E-state index contributed by atoms with van der Waals surface area (Å²) in [5.74, 6) is 4.48. The van der Waals surface area contributed by atoms with E-state index in [1.165, 1.54) is 17.3 Å². The van der Waals surface area contributed by atoms with E-state index in [0.29, 0.717) is 42.0 Å². The first-order valence-electron chi connectivity index (χ1n) is 11.3. The van der Waals surface area contributed by atoms with Crippen LogP contribution in [-0.4, -0.2) is 50.2 Å². The molecule has 0 saturated carbocycles. The highest BCUT2D eigenvalue weighted by Gasteiger charge is 2.35. The zero-order valence-electron chi connectivity index (χ0n) is 19.4. The Kier molecular flexibility index (Phi) is 7.88. The molecular weight excluding hydrogens is 480 g/mol. The van der Waals surface area contributed by atoms with Crippen LogP contribution in [0.25, 0.3) is 0 Å². The van der Waals surface area contributed by atoms with E-state index >= 15 is 0 Å². The van der Waals surface area contributed by atoms with Gasteiger partial charge in [-0.2, -0.15) is 0 Å². The number of hydrogen-bond donors (Lipinski definition) is 2. The van der Waals surface area contributed by atoms with Crippen molar-refractivity contribution in [2.24, 2.45) is 0 Å². The molecule has 0 spiro atoms. The van der Waals surface area contributed by atoms with Gasteiger partial charge in [-0.1, -0.05) is 35.7 Å². The molecule has 2 atom stereocenters. The molecule has 3 amide bonds. The van der Waals surface area contributed by atoms with E-state index < -0.39 is 12.1 Å². The molecule has 2 aromatic heterocycles. The quantitative estimate of drug-likeness (QED) is 0.500. The van der Waals surface area contributed by atoms with Crippen molar-refractivity contribution in [1.82, 2.24) is 25.2 Å². The first kappa shape index (κ1) is 24.8. The van der Waals surface area contributed by atoms with Gasteiger partial charge in [0.2, 0.25) is 5.91 Å². The maximum Gasteiger partial charge on any atom is 0.299 e. The fourth-order valence-corrected chi connectivity index (χ4v) is 4.20. The predicted octanol–water partition coefficient (Wildman–Crippen LogP) is 3.00. The number of amides is 3. The van der Waals surface area contributed by atoms with Crippen LogP contribution < -0.4 is 10.6 Å². The van der Waals surface area contributed by atoms with E-state index in [1.54, 1.807) is 55.6 Å². The Morgan fingerprint density at radius 2 is 1.83 bits per heavy atom. The Labute approximate surface area is 213 Å². The zero-order chi connectivity index (χ0) is 25.5. The summed E-state index contributed by atoms with van der Waals surface area (Å²) in [6.07, 6.45) is 5.75. The number of carbonyl (C=O) groups excluding carboxylic acids is 3. The van der Waals surface area contributed by atoms with Gasteiger partial charge >= 0.3 is 0 Å². The summed E-state index contributed by atoms with van der Waals surface area (Å²) in [5.41, 5.74) is 1.40. The second kappa shape index (κ2) is 11.4. The number of nitrogens with one attached hydrogen (secondary N) is 2. The minimum atomic E-state index is -0.749. The average Bonchev–Trinajstić information content (AvgIpc) is 3.39. The molecule has 1 aliphatic rings. The molecule has 1 aliphatic heterocycles. The molecule has 9 nitrogen and oxygen atoms in total. The second-order valence-electron chi connectivity index (χ2n) is 8.00. The van der Waals surface area contributed by atoms with Crippen molar-refractivity contribution in [3.63, 3.8) is 0 Å². The number of anilines is 1. The second-order valence-corrected chi connectivity index (χ2v) is 8.35. The number of aromatic nitrogens is 3. The average molecular weight is 503 g/mol. The molecule has 0 radical (unpaired) electrons. The minimum absolute atomic E-state index is 0.135. The van der Waals surface area contributed by atoms with Gasteiger partial charge < -0.3 is 15.5 Å². The van der Waals surface area contributed by atoms with Crippen molar-refractivity contribution in [3.05, 3.63) is 83.0 Å². The van der Waals surface area contributed by atoms with Gasteiger partial charge in [-0.05, 0) is 55.5 Å². The standard InChI is InChI=1S/C26H23ClN6O3/c1-2-6-21(34)33-16-5-7-19(33)26(36)32-22(23-24(27)30-15-14-29-23)17-9-11-18(12-10-17)25(35)31-20-8-3-4-13-28-20/h3-4,8-15,19,22H,5,7,16H2,1H3,(H,32,36)(H,28,31,35). The van der Waals surface area contributed by atoms with Crippen molar-refractivity contribution in [2.75, 3.05) is 11.9 Å². The van der Waals surface area contributed by atoms with Gasteiger partial charge in [0.05, 0.1) is 6.04 Å². The molecule has 0 bridgehead atoms. The van der Waals surface area contributed by atoms with Crippen LogP contribution in [0.2, 0.25) is 5.15 Å². The molecule has 3 aromatic rings. The van der Waals surface area contributed by atoms with Gasteiger partial charge in [0.1, 0.15) is 17.6 Å². The summed E-state index contributed by atoms with van der Waals surface area (Å²) in [6, 6.07) is 10.5. The summed E-state index contributed by atoms with van der Waals surface area (Å²) in [4.78, 5) is 52.3. The third-order valence-corrected chi connectivity index (χ3v) is 5.99. The number of nitrogens with zero attached hydrogens (tertiary/aromatic N) is 4. The number of hydrogen-bond acceptors (Lipinski definition) is 6. The molecule has 0 aliphatic carbocycles. The van der Waals surface area contributed by atoms with Gasteiger partial charge in [0.15, 0.2) is 5.15 Å². The summed E-state index contributed by atoms with van der Waals surface area (Å²) in [5, 5.41) is 5.84. The van der Waals surface area contributed by atoms with Gasteiger partial charge in [-0.15, -0.1) is 0 Å². The predicted molar refractivity (Wildman–Crippen MR) is 134 cm³/mol. The lowest BCUT2D eigenvalue weighted by Crippen LogP contribution is -2.46. The van der Waals surface area contributed by atoms with Crippen molar-refractivity contribution in [2.45, 2.75) is 31.8 Å². The Bertz CT molecular complexity index is 1320. The van der Waals surface area contributed by atoms with Crippen molar-refractivity contribution in [1.29, 1.82) is 0 Å². The fourth-order valence-electron chi connectivity index (χ4n) is 3.99. The van der Waals surface area contributed by atoms with Crippen LogP contribution in [0.3, 0.4) is 0 Å². The minimum Gasteiger partial charge on any atom is -0.342 e. The van der Waals surface area contributed by atoms with Gasteiger partial charge in [0, 0.05) is 30.7 Å². The lowest BCUT2D eigenvalue weighted by Gasteiger charge is -2.25. The van der Waals surface area contributed by atoms with E-state index in [2.05, 4.69) is 37.4 Å². The highest BCUT2D eigenvalue weighted by molar-refractivity contribution is 6.30. The Hall–Kier alpha value is -4.29. The Morgan fingerprint density at radius 3 is 2.53 bits per heavy atom. The molecular formula is C26H23ClN6O3. The molecule has 182 valence electrons. The number of likely N-dealkylation sites (tertiary alicyclic amines) is 1. The van der Waals surface area contributed by atoms with Crippen LogP contribution in [0.4, 0.5) is 5.82 Å². The van der Waals surface area contributed by atoms with Gasteiger partial charge in [-0.25, -0.2) is 9.97 Å². The SMILES string of the molecule is CC#CC(=O)N1CCCC1C(=O)NC(c1ccc(C(=O)Nc2ccccn2)cc1)c1nccnc1Cl. The summed E-state index contributed by atoms with van der Waals surface area (Å²) < 4.78 is 0. The van der Waals surface area contributed by atoms with Crippen molar-refractivity contribution >= 4 is 35.1 Å². The third-order valence-electron chi connectivity index (χ3n) is 5.70. The molecule has 2 unspecified atom stereocenters. The van der Waals surface area contributed by atoms with Crippen LogP contribution in [-0.2, 0) is 9.59 Å². The topological polar surface area (TPSA) is 117 Å². The van der Waals surface area contributed by atoms with E-state index in [1.807, 2.05) is 0 Å². The number of carbonyl (C=O) groups is 3. The number of pyridine rings is 1. The summed E-state index contributed by atoms with van der Waals surface area (Å²) in [7, 11) is 0. The van der Waals surface area contributed by atoms with Crippen LogP contribution in [0, 0.1) is 11.8 Å². The maximum atomic E-state index is 13.3. The Balaban J connectivity index is 1.58. The molecule has 3 heterocycles. The molecule has 10 heteroatoms. The van der Waals surface area contributed by atoms with E-state index in [4.69, 9.17) is 11.6 Å². The molecule has 36 heavy (non-hydrogen) atoms. The monoisotopic (exact) mass is 502 g/mol. The molecule has 1 saturated heterocycles. The molecule has 1 aromatic carbocycles. The van der Waals surface area contributed by atoms with Crippen molar-refractivity contribution < 1.29 is 14.4 Å². The highest BCUT2D eigenvalue weighted by Crippen LogP contribution is 2.27. The molecule has 1 fully saturated rings. The van der Waals surface area contributed by atoms with Gasteiger partial charge in [0.25, 0.3) is 11.8 Å². The van der Waals surface area contributed by atoms with Crippen LogP contribution >= 0.6 is 11.6 Å². The lowest BCUT2D eigenvalue weighted by molar-refractivity contribution is -0.134. The fraction of sp³-hybridized carbons (Fsp3) is 0.231. The number of rotatable bonds is 6. The van der Waals surface area contributed by atoms with E-state index in [-0.39, 0.29) is 22.9 Å². The summed E-state index contributed by atoms with van der Waals surface area (Å²) in [6.45, 7) is 2.04. The first-order chi connectivity index (χ1) is 17.5. The molecule has 4 rings (SSSR count). The lowest BCUT2D eigenvalue weighted by atomic mass is 10.0. The smallest absolute Gasteiger partial charge is 0.299 e. The van der Waals surface area contributed by atoms with Crippen LogP contribution in [0.5, 0.6) is 0 Å². The van der Waals surface area contributed by atoms with Gasteiger partial charge in [-0.3, -0.25) is 19.4 Å². The summed E-state index contributed by atoms with van der Waals surface area (Å²) >= 11 is 6.33. The first-order valence-corrected chi connectivity index (χ1v) is 11.7. The number of benzene rings is 1. The van der Waals surface area contributed by atoms with E-state index in [0.717, 1.165) is 0 Å². The largest absolute Gasteiger partial charge is 0.342 e. The highest BCUT2D eigenvalue weighted by atomic mass is 35.5. The van der Waals surface area contributed by atoms with E-state index in [9.17, 15) is 14.4 Å². The van der Waals surface area contributed by atoms with Crippen LogP contribution in [0.15, 0.2) is 61.1 Å². The van der Waals surface area contributed by atoms with Crippen molar-refractivity contribution in [3.8, 4) is 11.8 Å². The Morgan fingerprint density at radius 1 is 1.06 bits per heavy atom. The molecule has 2 N–H and O–H groups in total. The normalized spacial score (nSPS) is 15.4. The zero-order valence-corrected chi connectivity index (χ0v) is 20.2. The number of halogens is 1. The maximum absolute atomic E-state index is 13.3.